The Bertz CT molecular complexity index is 508. The molecule has 0 saturated carbocycles. The molecule has 0 fully saturated rings. The van der Waals surface area contributed by atoms with Crippen LogP contribution in [0.4, 0.5) is 4.39 Å². The molecule has 19 heavy (non-hydrogen) atoms. The van der Waals surface area contributed by atoms with Crippen molar-refractivity contribution in [3.63, 3.8) is 0 Å². The Kier molecular flexibility index (Phi) is 6.60. The second kappa shape index (κ2) is 8.26. The maximum absolute atomic E-state index is 13.2. The fourth-order valence-electron chi connectivity index (χ4n) is 1.75. The van der Waals surface area contributed by atoms with E-state index < -0.39 is 0 Å². The van der Waals surface area contributed by atoms with Crippen LogP contribution in [0.2, 0.25) is 0 Å². The third-order valence-corrected chi connectivity index (χ3v) is 2.78. The zero-order chi connectivity index (χ0) is 14.1. The minimum atomic E-state index is -0.301. The van der Waals surface area contributed by atoms with Gasteiger partial charge in [0.1, 0.15) is 5.82 Å². The van der Waals surface area contributed by atoms with E-state index in [9.17, 15) is 4.39 Å². The number of halogens is 1. The molecule has 1 aromatic carbocycles. The standard InChI is InChI=1S/C15H18FN3/c1-2-19(10-4-9-18)12-14-6-7-15(16)11-13(14)5-3-8-17/h6-7,11H,2,4,8,10,12,17H2,1H3. The minimum Gasteiger partial charge on any atom is -0.320 e. The second-order valence-corrected chi connectivity index (χ2v) is 4.08. The van der Waals surface area contributed by atoms with Crippen molar-refractivity contribution in [1.29, 1.82) is 5.26 Å². The van der Waals surface area contributed by atoms with Gasteiger partial charge in [-0.05, 0) is 24.2 Å². The summed E-state index contributed by atoms with van der Waals surface area (Å²) in [4.78, 5) is 2.13. The van der Waals surface area contributed by atoms with Gasteiger partial charge in [0.2, 0.25) is 0 Å². The van der Waals surface area contributed by atoms with Crippen molar-refractivity contribution in [2.45, 2.75) is 19.9 Å². The normalized spacial score (nSPS) is 9.84. The van der Waals surface area contributed by atoms with E-state index in [0.29, 0.717) is 25.1 Å². The lowest BCUT2D eigenvalue weighted by Crippen LogP contribution is -2.24. The van der Waals surface area contributed by atoms with Crippen LogP contribution in [0.3, 0.4) is 0 Å². The highest BCUT2D eigenvalue weighted by molar-refractivity contribution is 5.41. The highest BCUT2D eigenvalue weighted by Crippen LogP contribution is 2.13. The fraction of sp³-hybridized carbons (Fsp3) is 0.400. The van der Waals surface area contributed by atoms with E-state index in [2.05, 4.69) is 22.8 Å². The molecular formula is C15H18FN3. The SMILES string of the molecule is CCN(CCC#N)Cc1ccc(F)cc1C#CCN. The van der Waals surface area contributed by atoms with Gasteiger partial charge < -0.3 is 5.73 Å². The van der Waals surface area contributed by atoms with Crippen LogP contribution in [0.25, 0.3) is 0 Å². The molecule has 2 N–H and O–H groups in total. The average molecular weight is 259 g/mol. The first-order valence-electron chi connectivity index (χ1n) is 6.28. The van der Waals surface area contributed by atoms with Crippen molar-refractivity contribution in [3.05, 3.63) is 35.1 Å². The summed E-state index contributed by atoms with van der Waals surface area (Å²) >= 11 is 0. The first-order valence-corrected chi connectivity index (χ1v) is 6.28. The van der Waals surface area contributed by atoms with E-state index in [1.807, 2.05) is 6.92 Å². The molecule has 4 heteroatoms. The van der Waals surface area contributed by atoms with Crippen molar-refractivity contribution >= 4 is 0 Å². The topological polar surface area (TPSA) is 53.0 Å². The third kappa shape index (κ3) is 5.09. The van der Waals surface area contributed by atoms with Crippen LogP contribution in [0.1, 0.15) is 24.5 Å². The summed E-state index contributed by atoms with van der Waals surface area (Å²) < 4.78 is 13.2. The zero-order valence-corrected chi connectivity index (χ0v) is 11.1. The van der Waals surface area contributed by atoms with Crippen molar-refractivity contribution < 1.29 is 4.39 Å². The van der Waals surface area contributed by atoms with Gasteiger partial charge in [-0.15, -0.1) is 0 Å². The number of hydrogen-bond acceptors (Lipinski definition) is 3. The van der Waals surface area contributed by atoms with Gasteiger partial charge in [-0.1, -0.05) is 24.8 Å². The predicted octanol–water partition coefficient (Wildman–Crippen LogP) is 1.87. The molecule has 0 aliphatic rings. The van der Waals surface area contributed by atoms with Gasteiger partial charge >= 0.3 is 0 Å². The number of nitrogens with zero attached hydrogens (tertiary/aromatic N) is 2. The number of hydrogen-bond donors (Lipinski definition) is 1. The molecule has 0 radical (unpaired) electrons. The molecule has 0 bridgehead atoms. The van der Waals surface area contributed by atoms with E-state index in [-0.39, 0.29) is 12.4 Å². The molecule has 0 amide bonds. The van der Waals surface area contributed by atoms with Crippen molar-refractivity contribution in [1.82, 2.24) is 4.90 Å². The predicted molar refractivity (Wildman–Crippen MR) is 73.5 cm³/mol. The van der Waals surface area contributed by atoms with Crippen LogP contribution in [-0.2, 0) is 6.54 Å². The molecule has 0 aliphatic carbocycles. The molecule has 0 saturated heterocycles. The van der Waals surface area contributed by atoms with Crippen molar-refractivity contribution in [2.24, 2.45) is 5.73 Å². The number of rotatable bonds is 5. The summed E-state index contributed by atoms with van der Waals surface area (Å²) in [5, 5.41) is 8.62. The first kappa shape index (κ1) is 15.2. The fourth-order valence-corrected chi connectivity index (χ4v) is 1.75. The average Bonchev–Trinajstić information content (AvgIpc) is 2.43. The van der Waals surface area contributed by atoms with Crippen LogP contribution >= 0.6 is 0 Å². The molecule has 3 nitrogen and oxygen atoms in total. The van der Waals surface area contributed by atoms with Gasteiger partial charge in [0, 0.05) is 25.1 Å². The summed E-state index contributed by atoms with van der Waals surface area (Å²) in [6, 6.07) is 6.73. The molecule has 0 atom stereocenters. The molecule has 0 unspecified atom stereocenters. The maximum Gasteiger partial charge on any atom is 0.124 e. The van der Waals surface area contributed by atoms with E-state index in [0.717, 1.165) is 12.1 Å². The van der Waals surface area contributed by atoms with Gasteiger partial charge in [-0.3, -0.25) is 4.90 Å². The Morgan fingerprint density at radius 3 is 2.84 bits per heavy atom. The highest BCUT2D eigenvalue weighted by Gasteiger charge is 2.07. The maximum atomic E-state index is 13.2. The van der Waals surface area contributed by atoms with E-state index in [1.54, 1.807) is 6.07 Å². The second-order valence-electron chi connectivity index (χ2n) is 4.08. The van der Waals surface area contributed by atoms with Gasteiger partial charge in [0.15, 0.2) is 0 Å². The summed E-state index contributed by atoms with van der Waals surface area (Å²) in [5.41, 5.74) is 6.97. The van der Waals surface area contributed by atoms with E-state index >= 15 is 0 Å². The molecule has 0 aliphatic heterocycles. The third-order valence-electron chi connectivity index (χ3n) is 2.78. The largest absolute Gasteiger partial charge is 0.320 e. The lowest BCUT2D eigenvalue weighted by molar-refractivity contribution is 0.286. The lowest BCUT2D eigenvalue weighted by atomic mass is 10.1. The first-order chi connectivity index (χ1) is 9.21. The zero-order valence-electron chi connectivity index (χ0n) is 11.1. The summed E-state index contributed by atoms with van der Waals surface area (Å²) in [6.07, 6.45) is 0.485. The van der Waals surface area contributed by atoms with E-state index in [4.69, 9.17) is 11.0 Å². The monoisotopic (exact) mass is 259 g/mol. The molecule has 0 heterocycles. The molecule has 1 rings (SSSR count). The van der Waals surface area contributed by atoms with Crippen molar-refractivity contribution in [2.75, 3.05) is 19.6 Å². The molecule has 1 aromatic rings. The van der Waals surface area contributed by atoms with Crippen LogP contribution in [-0.4, -0.2) is 24.5 Å². The van der Waals surface area contributed by atoms with Gasteiger partial charge in [-0.25, -0.2) is 4.39 Å². The van der Waals surface area contributed by atoms with Gasteiger partial charge in [-0.2, -0.15) is 5.26 Å². The summed E-state index contributed by atoms with van der Waals surface area (Å²) in [6.45, 7) is 4.48. The van der Waals surface area contributed by atoms with Gasteiger partial charge in [0.05, 0.1) is 12.6 Å². The minimum absolute atomic E-state index is 0.252. The number of nitrogens with two attached hydrogens (primary N) is 1. The lowest BCUT2D eigenvalue weighted by Gasteiger charge is -2.19. The smallest absolute Gasteiger partial charge is 0.124 e. The van der Waals surface area contributed by atoms with Crippen LogP contribution in [0.15, 0.2) is 18.2 Å². The van der Waals surface area contributed by atoms with Crippen molar-refractivity contribution in [3.8, 4) is 17.9 Å². The Labute approximate surface area is 113 Å². The van der Waals surface area contributed by atoms with Gasteiger partial charge in [0.25, 0.3) is 0 Å². The number of benzene rings is 1. The number of nitriles is 1. The van der Waals surface area contributed by atoms with Crippen LogP contribution in [0.5, 0.6) is 0 Å². The Balaban J connectivity index is 2.89. The Morgan fingerprint density at radius 1 is 1.42 bits per heavy atom. The van der Waals surface area contributed by atoms with Crippen LogP contribution < -0.4 is 5.73 Å². The van der Waals surface area contributed by atoms with E-state index in [1.165, 1.54) is 12.1 Å². The molecule has 0 spiro atoms. The highest BCUT2D eigenvalue weighted by atomic mass is 19.1. The molecular weight excluding hydrogens is 241 g/mol. The summed E-state index contributed by atoms with van der Waals surface area (Å²) in [5.74, 6) is 5.34. The Hall–Kier alpha value is -1.88. The summed E-state index contributed by atoms with van der Waals surface area (Å²) in [7, 11) is 0. The molecule has 0 aromatic heterocycles. The molecule has 100 valence electrons. The van der Waals surface area contributed by atoms with Crippen LogP contribution in [0, 0.1) is 29.0 Å². The Morgan fingerprint density at radius 2 is 2.21 bits per heavy atom. The quantitative estimate of drug-likeness (QED) is 0.821.